The van der Waals surface area contributed by atoms with Gasteiger partial charge in [-0.2, -0.15) is 0 Å². The predicted molar refractivity (Wildman–Crippen MR) is 113 cm³/mol. The van der Waals surface area contributed by atoms with Crippen molar-refractivity contribution in [3.8, 4) is 11.1 Å². The zero-order chi connectivity index (χ0) is 18.2. The molecule has 3 aromatic rings. The van der Waals surface area contributed by atoms with E-state index in [0.29, 0.717) is 5.92 Å². The summed E-state index contributed by atoms with van der Waals surface area (Å²) in [4.78, 5) is 0. The van der Waals surface area contributed by atoms with Crippen LogP contribution in [0.25, 0.3) is 16.7 Å². The van der Waals surface area contributed by atoms with Crippen LogP contribution in [-0.2, 0) is 5.41 Å². The Balaban J connectivity index is 1.87. The van der Waals surface area contributed by atoms with Crippen molar-refractivity contribution >= 4 is 5.57 Å². The molecule has 0 saturated heterocycles. The van der Waals surface area contributed by atoms with E-state index < -0.39 is 0 Å². The van der Waals surface area contributed by atoms with Crippen LogP contribution in [0.15, 0.2) is 84.5 Å². The second-order valence-corrected chi connectivity index (χ2v) is 8.21. The molecule has 0 aliphatic heterocycles. The molecular weight excluding hydrogens is 324 g/mol. The van der Waals surface area contributed by atoms with Gasteiger partial charge in [-0.15, -0.1) is 0 Å². The van der Waals surface area contributed by atoms with Gasteiger partial charge < -0.3 is 0 Å². The quantitative estimate of drug-likeness (QED) is 0.426. The summed E-state index contributed by atoms with van der Waals surface area (Å²) in [5, 5.41) is 0. The van der Waals surface area contributed by atoms with Crippen LogP contribution in [0.1, 0.15) is 41.2 Å². The van der Waals surface area contributed by atoms with E-state index in [2.05, 4.69) is 92.7 Å². The molecule has 3 aliphatic carbocycles. The summed E-state index contributed by atoms with van der Waals surface area (Å²) in [6.07, 6.45) is 5.94. The molecule has 0 bridgehead atoms. The Hall–Kier alpha value is -2.86. The zero-order valence-corrected chi connectivity index (χ0v) is 15.8. The third kappa shape index (κ3) is 1.65. The number of rotatable bonds is 0. The van der Waals surface area contributed by atoms with Gasteiger partial charge in [-0.3, -0.25) is 0 Å². The normalized spacial score (nSPS) is 20.4. The first kappa shape index (κ1) is 15.2. The lowest BCUT2D eigenvalue weighted by Gasteiger charge is -2.33. The topological polar surface area (TPSA) is 0 Å². The summed E-state index contributed by atoms with van der Waals surface area (Å²) in [5.41, 5.74) is 13.0. The average Bonchev–Trinajstić information content (AvgIpc) is 3.17. The van der Waals surface area contributed by atoms with E-state index in [1.54, 1.807) is 5.57 Å². The first-order valence-electron chi connectivity index (χ1n) is 9.95. The van der Waals surface area contributed by atoms with Gasteiger partial charge in [0.15, 0.2) is 0 Å². The van der Waals surface area contributed by atoms with Gasteiger partial charge in [-0.1, -0.05) is 85.8 Å². The molecule has 0 nitrogen and oxygen atoms in total. The van der Waals surface area contributed by atoms with Gasteiger partial charge in [0.05, 0.1) is 5.41 Å². The molecule has 0 heterocycles. The number of allylic oxidation sites excluding steroid dienone is 4. The predicted octanol–water partition coefficient (Wildman–Crippen LogP) is 6.67. The second-order valence-electron chi connectivity index (χ2n) is 8.21. The van der Waals surface area contributed by atoms with E-state index in [4.69, 9.17) is 0 Å². The largest absolute Gasteiger partial charge is 0.0836 e. The van der Waals surface area contributed by atoms with Crippen LogP contribution in [0.4, 0.5) is 0 Å². The average molecular weight is 346 g/mol. The highest BCUT2D eigenvalue weighted by Gasteiger charge is 2.53. The summed E-state index contributed by atoms with van der Waals surface area (Å²) < 4.78 is 0. The van der Waals surface area contributed by atoms with Gasteiger partial charge in [0.2, 0.25) is 0 Å². The smallest absolute Gasteiger partial charge is 0.0724 e. The van der Waals surface area contributed by atoms with E-state index in [1.165, 1.54) is 44.5 Å². The minimum atomic E-state index is -0.158. The molecule has 0 aromatic heterocycles. The lowest BCUT2D eigenvalue weighted by atomic mass is 9.67. The fourth-order valence-electron chi connectivity index (χ4n) is 5.92. The van der Waals surface area contributed by atoms with Gasteiger partial charge in [0.1, 0.15) is 0 Å². The maximum atomic E-state index is 2.42. The van der Waals surface area contributed by atoms with Crippen molar-refractivity contribution in [2.75, 3.05) is 0 Å². The molecular formula is C27H22. The Kier molecular flexibility index (Phi) is 2.88. The number of benzene rings is 3. The molecule has 0 fully saturated rings. The number of aryl methyl sites for hydroxylation is 1. The minimum Gasteiger partial charge on any atom is -0.0836 e. The highest BCUT2D eigenvalue weighted by Crippen LogP contribution is 2.64. The maximum absolute atomic E-state index is 2.42. The fraction of sp³-hybridized carbons (Fsp3) is 0.185. The summed E-state index contributed by atoms with van der Waals surface area (Å²) in [6.45, 7) is 4.67. The number of fused-ring (bicyclic) bond motifs is 9. The molecule has 0 amide bonds. The highest BCUT2D eigenvalue weighted by molar-refractivity contribution is 5.96. The molecule has 0 N–H and O–H groups in total. The van der Waals surface area contributed by atoms with E-state index >= 15 is 0 Å². The Morgan fingerprint density at radius 3 is 2.11 bits per heavy atom. The standard InChI is InChI=1S/C27H22/c1-17-9-8-16-24-25(17)21-13-7-10-18(2)26(21)27(24)22-14-5-3-11-19(22)20-12-4-6-15-23(20)27/h3-8,10-17H,9H2,1-2H3. The molecule has 130 valence electrons. The number of hydrogen-bond acceptors (Lipinski definition) is 0. The monoisotopic (exact) mass is 346 g/mol. The van der Waals surface area contributed by atoms with E-state index in [1.807, 2.05) is 0 Å². The molecule has 27 heavy (non-hydrogen) atoms. The fourth-order valence-corrected chi connectivity index (χ4v) is 5.92. The third-order valence-electron chi connectivity index (χ3n) is 6.85. The van der Waals surface area contributed by atoms with Gasteiger partial charge in [-0.05, 0) is 69.4 Å². The van der Waals surface area contributed by atoms with Crippen molar-refractivity contribution in [2.24, 2.45) is 5.92 Å². The van der Waals surface area contributed by atoms with Gasteiger partial charge in [0.25, 0.3) is 0 Å². The molecule has 1 atom stereocenters. The van der Waals surface area contributed by atoms with Crippen LogP contribution in [0, 0.1) is 12.8 Å². The van der Waals surface area contributed by atoms with E-state index in [9.17, 15) is 0 Å². The van der Waals surface area contributed by atoms with Crippen molar-refractivity contribution in [1.82, 2.24) is 0 Å². The Morgan fingerprint density at radius 2 is 1.41 bits per heavy atom. The van der Waals surface area contributed by atoms with Gasteiger partial charge >= 0.3 is 0 Å². The van der Waals surface area contributed by atoms with Crippen molar-refractivity contribution in [1.29, 1.82) is 0 Å². The van der Waals surface area contributed by atoms with Crippen molar-refractivity contribution < 1.29 is 0 Å². The minimum absolute atomic E-state index is 0.158. The van der Waals surface area contributed by atoms with Crippen molar-refractivity contribution in [3.05, 3.63) is 112 Å². The third-order valence-corrected chi connectivity index (χ3v) is 6.85. The lowest BCUT2D eigenvalue weighted by molar-refractivity contribution is 0.729. The molecule has 6 rings (SSSR count). The summed E-state index contributed by atoms with van der Waals surface area (Å²) in [6, 6.07) is 25.0. The van der Waals surface area contributed by atoms with Crippen LogP contribution in [0.5, 0.6) is 0 Å². The van der Waals surface area contributed by atoms with Crippen LogP contribution in [0.2, 0.25) is 0 Å². The Labute approximate surface area is 160 Å². The van der Waals surface area contributed by atoms with Gasteiger partial charge in [-0.25, -0.2) is 0 Å². The van der Waals surface area contributed by atoms with Crippen LogP contribution >= 0.6 is 0 Å². The molecule has 1 unspecified atom stereocenters. The molecule has 0 radical (unpaired) electrons. The molecule has 0 heteroatoms. The van der Waals surface area contributed by atoms with Gasteiger partial charge in [0, 0.05) is 0 Å². The Morgan fingerprint density at radius 1 is 0.778 bits per heavy atom. The van der Waals surface area contributed by atoms with Crippen LogP contribution in [0.3, 0.4) is 0 Å². The van der Waals surface area contributed by atoms with E-state index in [-0.39, 0.29) is 5.41 Å². The SMILES string of the molecule is Cc1cccc2c1C1(C3=C2C(C)CC=C3)c2ccccc2-c2ccccc21. The molecule has 3 aromatic carbocycles. The number of hydrogen-bond donors (Lipinski definition) is 0. The second kappa shape index (κ2) is 5.10. The van der Waals surface area contributed by atoms with Crippen LogP contribution < -0.4 is 0 Å². The first-order chi connectivity index (χ1) is 13.2. The van der Waals surface area contributed by atoms with E-state index in [0.717, 1.165) is 6.42 Å². The highest BCUT2D eigenvalue weighted by atomic mass is 14.5. The van der Waals surface area contributed by atoms with Crippen LogP contribution in [-0.4, -0.2) is 0 Å². The summed E-state index contributed by atoms with van der Waals surface area (Å²) in [5.74, 6) is 0.560. The Bertz CT molecular complexity index is 1130. The summed E-state index contributed by atoms with van der Waals surface area (Å²) >= 11 is 0. The zero-order valence-electron chi connectivity index (χ0n) is 15.8. The molecule has 1 spiro atoms. The first-order valence-corrected chi connectivity index (χ1v) is 9.95. The van der Waals surface area contributed by atoms with Crippen molar-refractivity contribution in [2.45, 2.75) is 25.7 Å². The lowest BCUT2D eigenvalue weighted by Crippen LogP contribution is -2.28. The van der Waals surface area contributed by atoms with Crippen molar-refractivity contribution in [3.63, 3.8) is 0 Å². The maximum Gasteiger partial charge on any atom is 0.0724 e. The molecule has 3 aliphatic rings. The summed E-state index contributed by atoms with van der Waals surface area (Å²) in [7, 11) is 0. The molecule has 0 saturated carbocycles.